The SMILES string of the molecule is COc1cc(OC)cc(C(N)c2nc(C(C)(C)C)cs2)c1. The number of nitrogens with two attached hydrogens (primary N) is 1. The fraction of sp³-hybridized carbons (Fsp3) is 0.438. The van der Waals surface area contributed by atoms with Gasteiger partial charge in [-0.3, -0.25) is 0 Å². The Balaban J connectivity index is 2.35. The zero-order valence-electron chi connectivity index (χ0n) is 13.1. The van der Waals surface area contributed by atoms with E-state index >= 15 is 0 Å². The van der Waals surface area contributed by atoms with E-state index in [1.165, 1.54) is 0 Å². The maximum absolute atomic E-state index is 6.36. The number of benzene rings is 1. The van der Waals surface area contributed by atoms with E-state index in [0.29, 0.717) is 0 Å². The van der Waals surface area contributed by atoms with Crippen LogP contribution < -0.4 is 15.2 Å². The second kappa shape index (κ2) is 6.03. The van der Waals surface area contributed by atoms with E-state index in [4.69, 9.17) is 15.2 Å². The molecule has 0 aliphatic carbocycles. The van der Waals surface area contributed by atoms with Gasteiger partial charge in [-0.25, -0.2) is 4.98 Å². The summed E-state index contributed by atoms with van der Waals surface area (Å²) >= 11 is 1.59. The Morgan fingerprint density at radius 3 is 2.10 bits per heavy atom. The largest absolute Gasteiger partial charge is 0.497 e. The van der Waals surface area contributed by atoms with E-state index in [1.807, 2.05) is 18.2 Å². The summed E-state index contributed by atoms with van der Waals surface area (Å²) in [6, 6.07) is 5.39. The first-order valence-electron chi connectivity index (χ1n) is 6.79. The molecule has 1 aromatic heterocycles. The molecule has 2 N–H and O–H groups in total. The maximum atomic E-state index is 6.36. The summed E-state index contributed by atoms with van der Waals surface area (Å²) in [6.45, 7) is 6.43. The van der Waals surface area contributed by atoms with Crippen molar-refractivity contribution in [3.8, 4) is 11.5 Å². The number of aromatic nitrogens is 1. The number of methoxy groups -OCH3 is 2. The van der Waals surface area contributed by atoms with Gasteiger partial charge in [0.2, 0.25) is 0 Å². The summed E-state index contributed by atoms with van der Waals surface area (Å²) in [5.41, 5.74) is 8.38. The quantitative estimate of drug-likeness (QED) is 0.939. The molecule has 1 aromatic carbocycles. The predicted molar refractivity (Wildman–Crippen MR) is 86.4 cm³/mol. The van der Waals surface area contributed by atoms with Crippen LogP contribution in [0.1, 0.15) is 43.1 Å². The number of thiazole rings is 1. The highest BCUT2D eigenvalue weighted by Crippen LogP contribution is 2.32. The van der Waals surface area contributed by atoms with Gasteiger partial charge < -0.3 is 15.2 Å². The molecule has 1 heterocycles. The Bertz CT molecular complexity index is 595. The van der Waals surface area contributed by atoms with Crippen LogP contribution in [0.4, 0.5) is 0 Å². The van der Waals surface area contributed by atoms with Gasteiger partial charge in [-0.1, -0.05) is 20.8 Å². The molecule has 1 unspecified atom stereocenters. The third-order valence-electron chi connectivity index (χ3n) is 3.29. The van der Waals surface area contributed by atoms with Gasteiger partial charge >= 0.3 is 0 Å². The van der Waals surface area contributed by atoms with Crippen LogP contribution in [-0.2, 0) is 5.41 Å². The molecule has 21 heavy (non-hydrogen) atoms. The van der Waals surface area contributed by atoms with Crippen molar-refractivity contribution >= 4 is 11.3 Å². The van der Waals surface area contributed by atoms with E-state index in [9.17, 15) is 0 Å². The van der Waals surface area contributed by atoms with Crippen molar-refractivity contribution in [2.45, 2.75) is 32.2 Å². The number of hydrogen-bond acceptors (Lipinski definition) is 5. The van der Waals surface area contributed by atoms with E-state index in [0.717, 1.165) is 27.8 Å². The Morgan fingerprint density at radius 1 is 1.10 bits per heavy atom. The van der Waals surface area contributed by atoms with Crippen molar-refractivity contribution in [2.75, 3.05) is 14.2 Å². The lowest BCUT2D eigenvalue weighted by atomic mass is 9.93. The fourth-order valence-corrected chi connectivity index (χ4v) is 3.00. The summed E-state index contributed by atoms with van der Waals surface area (Å²) in [4.78, 5) is 4.68. The van der Waals surface area contributed by atoms with Crippen molar-refractivity contribution in [1.29, 1.82) is 0 Å². The number of ether oxygens (including phenoxy) is 2. The molecule has 5 heteroatoms. The number of hydrogen-bond donors (Lipinski definition) is 1. The standard InChI is InChI=1S/C16H22N2O2S/c1-16(2,3)13-9-21-15(18-13)14(17)10-6-11(19-4)8-12(7-10)20-5/h6-9,14H,17H2,1-5H3. The molecular formula is C16H22N2O2S. The number of nitrogens with zero attached hydrogens (tertiary/aromatic N) is 1. The summed E-state index contributed by atoms with van der Waals surface area (Å²) in [5, 5.41) is 2.97. The van der Waals surface area contributed by atoms with Crippen molar-refractivity contribution < 1.29 is 9.47 Å². The van der Waals surface area contributed by atoms with E-state index in [2.05, 4.69) is 31.1 Å². The molecular weight excluding hydrogens is 284 g/mol. The minimum Gasteiger partial charge on any atom is -0.497 e. The van der Waals surface area contributed by atoms with Gasteiger partial charge in [0.25, 0.3) is 0 Å². The van der Waals surface area contributed by atoms with Gasteiger partial charge in [-0.15, -0.1) is 11.3 Å². The molecule has 1 atom stereocenters. The predicted octanol–water partition coefficient (Wildman–Crippen LogP) is 3.51. The van der Waals surface area contributed by atoms with Crippen LogP contribution >= 0.6 is 11.3 Å². The molecule has 0 saturated heterocycles. The first kappa shape index (κ1) is 15.8. The molecule has 0 bridgehead atoms. The normalized spacial score (nSPS) is 13.0. The molecule has 2 rings (SSSR count). The van der Waals surface area contributed by atoms with Crippen LogP contribution in [0, 0.1) is 0 Å². The molecule has 0 radical (unpaired) electrons. The minimum atomic E-state index is -0.282. The molecule has 0 aliphatic heterocycles. The van der Waals surface area contributed by atoms with Gasteiger partial charge in [0, 0.05) is 16.9 Å². The minimum absolute atomic E-state index is 0.0283. The van der Waals surface area contributed by atoms with Crippen LogP contribution in [0.3, 0.4) is 0 Å². The second-order valence-electron chi connectivity index (χ2n) is 5.94. The second-order valence-corrected chi connectivity index (χ2v) is 6.83. The van der Waals surface area contributed by atoms with Gasteiger partial charge in [0.15, 0.2) is 0 Å². The van der Waals surface area contributed by atoms with Crippen molar-refractivity contribution in [2.24, 2.45) is 5.73 Å². The van der Waals surface area contributed by atoms with Crippen molar-refractivity contribution in [3.05, 3.63) is 39.8 Å². The Hall–Kier alpha value is -1.59. The molecule has 0 spiro atoms. The monoisotopic (exact) mass is 306 g/mol. The maximum Gasteiger partial charge on any atom is 0.122 e. The van der Waals surface area contributed by atoms with Gasteiger partial charge in [0.05, 0.1) is 26.0 Å². The summed E-state index contributed by atoms with van der Waals surface area (Å²) < 4.78 is 10.6. The van der Waals surface area contributed by atoms with Crippen LogP contribution in [0.5, 0.6) is 11.5 Å². The van der Waals surface area contributed by atoms with Crippen LogP contribution in [0.2, 0.25) is 0 Å². The van der Waals surface area contributed by atoms with Crippen LogP contribution in [-0.4, -0.2) is 19.2 Å². The van der Waals surface area contributed by atoms with Crippen LogP contribution in [0.15, 0.2) is 23.6 Å². The number of rotatable bonds is 4. The lowest BCUT2D eigenvalue weighted by Gasteiger charge is -2.15. The Kier molecular flexibility index (Phi) is 4.54. The lowest BCUT2D eigenvalue weighted by Crippen LogP contribution is -2.15. The van der Waals surface area contributed by atoms with E-state index in [1.54, 1.807) is 25.6 Å². The van der Waals surface area contributed by atoms with Gasteiger partial charge in [-0.2, -0.15) is 0 Å². The average molecular weight is 306 g/mol. The molecule has 0 aliphatic rings. The molecule has 0 amide bonds. The molecule has 0 saturated carbocycles. The lowest BCUT2D eigenvalue weighted by molar-refractivity contribution is 0.393. The zero-order valence-corrected chi connectivity index (χ0v) is 14.0. The molecule has 4 nitrogen and oxygen atoms in total. The highest BCUT2D eigenvalue weighted by molar-refractivity contribution is 7.09. The summed E-state index contributed by atoms with van der Waals surface area (Å²) in [7, 11) is 3.26. The highest BCUT2D eigenvalue weighted by atomic mass is 32.1. The molecule has 114 valence electrons. The first-order valence-corrected chi connectivity index (χ1v) is 7.67. The summed E-state index contributed by atoms with van der Waals surface area (Å²) in [6.07, 6.45) is 0. The zero-order chi connectivity index (χ0) is 15.6. The highest BCUT2D eigenvalue weighted by Gasteiger charge is 2.21. The smallest absolute Gasteiger partial charge is 0.122 e. The molecule has 2 aromatic rings. The Morgan fingerprint density at radius 2 is 1.67 bits per heavy atom. The van der Waals surface area contributed by atoms with Crippen molar-refractivity contribution in [3.63, 3.8) is 0 Å². The molecule has 0 fully saturated rings. The van der Waals surface area contributed by atoms with E-state index < -0.39 is 0 Å². The van der Waals surface area contributed by atoms with Gasteiger partial charge in [0.1, 0.15) is 16.5 Å². The van der Waals surface area contributed by atoms with E-state index in [-0.39, 0.29) is 11.5 Å². The summed E-state index contributed by atoms with van der Waals surface area (Å²) in [5.74, 6) is 1.46. The van der Waals surface area contributed by atoms with Crippen molar-refractivity contribution in [1.82, 2.24) is 4.98 Å². The average Bonchev–Trinajstić information content (AvgIpc) is 2.95. The fourth-order valence-electron chi connectivity index (χ4n) is 1.93. The van der Waals surface area contributed by atoms with Gasteiger partial charge in [-0.05, 0) is 17.7 Å². The topological polar surface area (TPSA) is 57.4 Å². The Labute approximate surface area is 129 Å². The first-order chi connectivity index (χ1) is 9.85. The third kappa shape index (κ3) is 3.54. The van der Waals surface area contributed by atoms with Crippen LogP contribution in [0.25, 0.3) is 0 Å². The third-order valence-corrected chi connectivity index (χ3v) is 4.22.